The number of benzene rings is 1. The summed E-state index contributed by atoms with van der Waals surface area (Å²) in [6.07, 6.45) is 0.727. The Balaban J connectivity index is 2.13. The minimum Gasteiger partial charge on any atom is -0.481 e. The van der Waals surface area contributed by atoms with Crippen LogP contribution in [0.15, 0.2) is 18.2 Å². The van der Waals surface area contributed by atoms with Crippen molar-refractivity contribution in [3.8, 4) is 5.75 Å². The zero-order valence-electron chi connectivity index (χ0n) is 12.2. The van der Waals surface area contributed by atoms with E-state index in [1.54, 1.807) is 24.9 Å². The molecule has 1 aliphatic rings. The number of ether oxygens (including phenoxy) is 1. The van der Waals surface area contributed by atoms with Crippen LogP contribution in [0.4, 0.5) is 5.69 Å². The lowest BCUT2D eigenvalue weighted by atomic mass is 10.00. The van der Waals surface area contributed by atoms with Crippen LogP contribution in [0.3, 0.4) is 0 Å². The Hall–Kier alpha value is -2.08. The minimum atomic E-state index is -0.819. The average molecular weight is 292 g/mol. The second kappa shape index (κ2) is 6.13. The predicted molar refractivity (Wildman–Crippen MR) is 78.4 cm³/mol. The summed E-state index contributed by atoms with van der Waals surface area (Å²) in [6.45, 7) is 1.72. The molecular weight excluding hydrogens is 272 g/mol. The molecule has 114 valence electrons. The number of carbonyl (C=O) groups excluding carboxylic acids is 1. The van der Waals surface area contributed by atoms with Crippen molar-refractivity contribution < 1.29 is 19.4 Å². The molecule has 6 nitrogen and oxygen atoms in total. The summed E-state index contributed by atoms with van der Waals surface area (Å²) in [4.78, 5) is 24.0. The normalized spacial score (nSPS) is 18.9. The Morgan fingerprint density at radius 3 is 2.90 bits per heavy atom. The fraction of sp³-hybridized carbons (Fsp3) is 0.467. The lowest BCUT2D eigenvalue weighted by molar-refractivity contribution is -0.137. The molecule has 0 bridgehead atoms. The highest BCUT2D eigenvalue weighted by Gasteiger charge is 2.29. The van der Waals surface area contributed by atoms with E-state index in [1.165, 1.54) is 0 Å². The van der Waals surface area contributed by atoms with Crippen LogP contribution in [0.1, 0.15) is 37.8 Å². The van der Waals surface area contributed by atoms with Crippen molar-refractivity contribution >= 4 is 17.6 Å². The number of aliphatic carboxylic acids is 1. The fourth-order valence-electron chi connectivity index (χ4n) is 2.40. The van der Waals surface area contributed by atoms with Gasteiger partial charge in [0.2, 0.25) is 0 Å². The lowest BCUT2D eigenvalue weighted by Crippen LogP contribution is -2.42. The van der Waals surface area contributed by atoms with Crippen LogP contribution in [0.5, 0.6) is 5.75 Å². The first kappa shape index (κ1) is 15.3. The van der Waals surface area contributed by atoms with Crippen molar-refractivity contribution in [1.29, 1.82) is 0 Å². The molecule has 1 heterocycles. The van der Waals surface area contributed by atoms with Crippen LogP contribution >= 0.6 is 0 Å². The molecule has 2 unspecified atom stereocenters. The monoisotopic (exact) mass is 292 g/mol. The van der Waals surface area contributed by atoms with E-state index in [2.05, 4.69) is 0 Å². The summed E-state index contributed by atoms with van der Waals surface area (Å²) < 4.78 is 5.55. The topological polar surface area (TPSA) is 92.9 Å². The SMILES string of the molecule is CC1Oc2ccc(C(N)CCCC(=O)O)cc2N(C)C1=O. The number of hydrogen-bond donors (Lipinski definition) is 2. The second-order valence-electron chi connectivity index (χ2n) is 5.28. The van der Waals surface area contributed by atoms with Gasteiger partial charge in [0.05, 0.1) is 5.69 Å². The number of nitrogens with zero attached hydrogens (tertiary/aromatic N) is 1. The summed E-state index contributed by atoms with van der Waals surface area (Å²) in [5.74, 6) is -0.259. The largest absolute Gasteiger partial charge is 0.481 e. The predicted octanol–water partition coefficient (Wildman–Crippen LogP) is 1.69. The summed E-state index contributed by atoms with van der Waals surface area (Å²) in [6, 6.07) is 5.25. The average Bonchev–Trinajstić information content (AvgIpc) is 2.44. The second-order valence-corrected chi connectivity index (χ2v) is 5.28. The van der Waals surface area contributed by atoms with Gasteiger partial charge in [0, 0.05) is 19.5 Å². The van der Waals surface area contributed by atoms with Gasteiger partial charge in [-0.15, -0.1) is 0 Å². The van der Waals surface area contributed by atoms with Gasteiger partial charge in [-0.2, -0.15) is 0 Å². The van der Waals surface area contributed by atoms with Crippen molar-refractivity contribution in [3.63, 3.8) is 0 Å². The number of nitrogens with two attached hydrogens (primary N) is 1. The number of likely N-dealkylation sites (N-methyl/N-ethyl adjacent to an activating group) is 1. The van der Waals surface area contributed by atoms with Gasteiger partial charge < -0.3 is 20.5 Å². The molecular formula is C15H20N2O4. The van der Waals surface area contributed by atoms with Crippen molar-refractivity contribution in [2.75, 3.05) is 11.9 Å². The Morgan fingerprint density at radius 1 is 1.52 bits per heavy atom. The smallest absolute Gasteiger partial charge is 0.303 e. The molecule has 0 saturated heterocycles. The third kappa shape index (κ3) is 3.33. The summed E-state index contributed by atoms with van der Waals surface area (Å²) in [7, 11) is 1.71. The highest BCUT2D eigenvalue weighted by Crippen LogP contribution is 2.35. The molecule has 1 amide bonds. The van der Waals surface area contributed by atoms with E-state index in [0.29, 0.717) is 24.3 Å². The van der Waals surface area contributed by atoms with Crippen LogP contribution < -0.4 is 15.4 Å². The van der Waals surface area contributed by atoms with Crippen LogP contribution in [0.2, 0.25) is 0 Å². The number of carbonyl (C=O) groups is 2. The number of fused-ring (bicyclic) bond motifs is 1. The van der Waals surface area contributed by atoms with Crippen LogP contribution in [0.25, 0.3) is 0 Å². The molecule has 2 rings (SSSR count). The maximum absolute atomic E-state index is 11.9. The van der Waals surface area contributed by atoms with Gasteiger partial charge in [-0.05, 0) is 37.5 Å². The Labute approximate surface area is 123 Å². The van der Waals surface area contributed by atoms with E-state index in [9.17, 15) is 9.59 Å². The fourth-order valence-corrected chi connectivity index (χ4v) is 2.40. The van der Waals surface area contributed by atoms with E-state index >= 15 is 0 Å². The highest BCUT2D eigenvalue weighted by atomic mass is 16.5. The summed E-state index contributed by atoms with van der Waals surface area (Å²) >= 11 is 0. The summed E-state index contributed by atoms with van der Waals surface area (Å²) in [5.41, 5.74) is 7.66. The molecule has 1 aromatic carbocycles. The molecule has 1 aromatic rings. The van der Waals surface area contributed by atoms with Crippen molar-refractivity contribution in [2.24, 2.45) is 5.73 Å². The Morgan fingerprint density at radius 2 is 2.24 bits per heavy atom. The number of carboxylic acids is 1. The first-order valence-corrected chi connectivity index (χ1v) is 6.95. The Bertz CT molecular complexity index is 559. The van der Waals surface area contributed by atoms with E-state index in [-0.39, 0.29) is 18.4 Å². The van der Waals surface area contributed by atoms with Crippen molar-refractivity contribution in [3.05, 3.63) is 23.8 Å². The molecule has 0 radical (unpaired) electrons. The third-order valence-corrected chi connectivity index (χ3v) is 3.66. The number of amides is 1. The molecule has 1 aliphatic heterocycles. The van der Waals surface area contributed by atoms with E-state index in [1.807, 2.05) is 12.1 Å². The van der Waals surface area contributed by atoms with E-state index < -0.39 is 12.1 Å². The third-order valence-electron chi connectivity index (χ3n) is 3.66. The Kier molecular flexibility index (Phi) is 4.47. The molecule has 3 N–H and O–H groups in total. The zero-order chi connectivity index (χ0) is 15.6. The number of rotatable bonds is 5. The molecule has 0 saturated carbocycles. The van der Waals surface area contributed by atoms with Gasteiger partial charge >= 0.3 is 5.97 Å². The maximum atomic E-state index is 11.9. The first-order chi connectivity index (χ1) is 9.90. The van der Waals surface area contributed by atoms with Gasteiger partial charge in [-0.25, -0.2) is 0 Å². The lowest BCUT2D eigenvalue weighted by Gasteiger charge is -2.31. The number of carboxylic acid groups (broad SMARTS) is 1. The minimum absolute atomic E-state index is 0.0981. The molecule has 0 fully saturated rings. The van der Waals surface area contributed by atoms with Crippen LogP contribution in [-0.4, -0.2) is 30.1 Å². The van der Waals surface area contributed by atoms with Gasteiger partial charge in [-0.1, -0.05) is 6.07 Å². The summed E-state index contributed by atoms with van der Waals surface area (Å²) in [5, 5.41) is 8.64. The van der Waals surface area contributed by atoms with Crippen molar-refractivity contribution in [2.45, 2.75) is 38.3 Å². The molecule has 0 aromatic heterocycles. The van der Waals surface area contributed by atoms with Gasteiger partial charge in [0.25, 0.3) is 5.91 Å². The first-order valence-electron chi connectivity index (χ1n) is 6.95. The number of hydrogen-bond acceptors (Lipinski definition) is 4. The van der Waals surface area contributed by atoms with Crippen molar-refractivity contribution in [1.82, 2.24) is 0 Å². The van der Waals surface area contributed by atoms with E-state index in [0.717, 1.165) is 5.56 Å². The highest BCUT2D eigenvalue weighted by molar-refractivity contribution is 5.99. The van der Waals surface area contributed by atoms with E-state index in [4.69, 9.17) is 15.6 Å². The molecule has 0 aliphatic carbocycles. The maximum Gasteiger partial charge on any atom is 0.303 e. The van der Waals surface area contributed by atoms with Crippen LogP contribution in [0, 0.1) is 0 Å². The van der Waals surface area contributed by atoms with Crippen LogP contribution in [-0.2, 0) is 9.59 Å². The standard InChI is InChI=1S/C15H20N2O4/c1-9-15(20)17(2)12-8-10(6-7-13(12)21-9)11(16)4-3-5-14(18)19/h6-9,11H,3-5,16H2,1-2H3,(H,18,19). The van der Waals surface area contributed by atoms with Gasteiger partial charge in [0.15, 0.2) is 6.10 Å². The van der Waals surface area contributed by atoms with Gasteiger partial charge in [-0.3, -0.25) is 9.59 Å². The van der Waals surface area contributed by atoms with Gasteiger partial charge in [0.1, 0.15) is 5.75 Å². The quantitative estimate of drug-likeness (QED) is 0.861. The molecule has 21 heavy (non-hydrogen) atoms. The molecule has 6 heteroatoms. The zero-order valence-corrected chi connectivity index (χ0v) is 12.2. The molecule has 2 atom stereocenters. The number of anilines is 1. The molecule has 0 spiro atoms.